The SMILES string of the molecule is CCN1CC[C@H]2CC[C@@H](C(=O)N[C@@H](CCC(N)=O)C(=O)N[C@@H](Cc3ccc(C(=O)N4CCOCC4)cc3)C(=O)N3CCC(CCC#Cc4cccc5c4CN(C4CCC(=O)NC4=O)C5=O)CC3)N2C(=O)[C@@H](NC(=O)c2cc3cc(C(F)(F)P(=O)(O)O)ccc3s2)C1. The minimum absolute atomic E-state index is 0.0211. The van der Waals surface area contributed by atoms with Crippen molar-refractivity contribution in [3.05, 3.63) is 105 Å². The fourth-order valence-electron chi connectivity index (χ4n) is 12.9. The van der Waals surface area contributed by atoms with Gasteiger partial charge in [0.15, 0.2) is 0 Å². The molecule has 0 bridgehead atoms. The predicted molar refractivity (Wildman–Crippen MR) is 326 cm³/mol. The molecule has 5 fully saturated rings. The van der Waals surface area contributed by atoms with Crippen LogP contribution in [0.3, 0.4) is 0 Å². The molecule has 6 atom stereocenters. The number of thiophene rings is 1. The molecule has 28 heteroatoms. The third-order valence-electron chi connectivity index (χ3n) is 18.1. The van der Waals surface area contributed by atoms with Gasteiger partial charge in [0.2, 0.25) is 41.4 Å². The van der Waals surface area contributed by atoms with Crippen LogP contribution >= 0.6 is 18.9 Å². The molecular weight excluding hydrogens is 1220 g/mol. The van der Waals surface area contributed by atoms with Crippen molar-refractivity contribution in [3.8, 4) is 11.8 Å². The first-order chi connectivity index (χ1) is 43.5. The van der Waals surface area contributed by atoms with E-state index in [-0.39, 0.29) is 85.5 Å². The lowest BCUT2D eigenvalue weighted by Gasteiger charge is -2.38. The lowest BCUT2D eigenvalue weighted by molar-refractivity contribution is -0.144. The number of carbonyl (C=O) groups is 10. The van der Waals surface area contributed by atoms with E-state index in [1.807, 2.05) is 17.9 Å². The summed E-state index contributed by atoms with van der Waals surface area (Å²) >= 11 is 0.917. The van der Waals surface area contributed by atoms with Crippen molar-refractivity contribution in [1.29, 1.82) is 0 Å². The summed E-state index contributed by atoms with van der Waals surface area (Å²) in [4.78, 5) is 163. The van der Waals surface area contributed by atoms with E-state index in [2.05, 4.69) is 33.1 Å². The Balaban J connectivity index is 0.816. The monoisotopic (exact) mass is 1290 g/mol. The summed E-state index contributed by atoms with van der Waals surface area (Å²) in [6, 6.07) is 10.1. The van der Waals surface area contributed by atoms with Crippen LogP contribution in [0.4, 0.5) is 8.78 Å². The van der Waals surface area contributed by atoms with Gasteiger partial charge in [0.05, 0.1) is 18.1 Å². The maximum absolute atomic E-state index is 14.8. The second-order valence-electron chi connectivity index (χ2n) is 23.9. The number of rotatable bonds is 19. The van der Waals surface area contributed by atoms with E-state index < -0.39 is 96.4 Å². The fraction of sp³-hybridized carbons (Fsp3) is 0.492. The molecule has 3 aromatic carbocycles. The average Bonchev–Trinajstić information content (AvgIpc) is 1.93. The number of hydrogen-bond acceptors (Lipinski definition) is 14. The Kier molecular flexibility index (Phi) is 20.5. The number of morpholine rings is 1. The second kappa shape index (κ2) is 28.3. The smallest absolute Gasteiger partial charge is 0.378 e. The zero-order valence-electron chi connectivity index (χ0n) is 50.2. The highest BCUT2D eigenvalue weighted by Crippen LogP contribution is 2.59. The van der Waals surface area contributed by atoms with Crippen molar-refractivity contribution in [2.75, 3.05) is 59.0 Å². The molecule has 1 unspecified atom stereocenters. The Bertz CT molecular complexity index is 3630. The molecule has 6 aliphatic rings. The summed E-state index contributed by atoms with van der Waals surface area (Å²) in [7, 11) is -5.89. The van der Waals surface area contributed by atoms with Crippen LogP contribution in [0.1, 0.15) is 130 Å². The van der Waals surface area contributed by atoms with E-state index in [0.717, 1.165) is 29.0 Å². The molecule has 8 N–H and O–H groups in total. The Labute approximate surface area is 527 Å². The number of primary amides is 1. The van der Waals surface area contributed by atoms with Crippen LogP contribution in [0.5, 0.6) is 0 Å². The van der Waals surface area contributed by atoms with Crippen LogP contribution in [-0.2, 0) is 61.5 Å². The Morgan fingerprint density at radius 3 is 2.33 bits per heavy atom. The fourth-order valence-corrected chi connectivity index (χ4v) is 14.3. The molecule has 5 saturated heterocycles. The molecule has 484 valence electrons. The number of nitrogens with two attached hydrogens (primary N) is 1. The van der Waals surface area contributed by atoms with Crippen molar-refractivity contribution in [1.82, 2.24) is 45.8 Å². The Hall–Kier alpha value is -7.99. The lowest BCUT2D eigenvalue weighted by atomic mass is 9.91. The molecule has 4 aromatic rings. The van der Waals surface area contributed by atoms with Gasteiger partial charge in [-0.15, -0.1) is 11.3 Å². The van der Waals surface area contributed by atoms with Crippen LogP contribution in [0.15, 0.2) is 66.7 Å². The van der Waals surface area contributed by atoms with E-state index in [1.54, 1.807) is 46.2 Å². The van der Waals surface area contributed by atoms with Crippen LogP contribution < -0.4 is 27.0 Å². The third-order valence-corrected chi connectivity index (χ3v) is 20.2. The minimum Gasteiger partial charge on any atom is -0.378 e. The van der Waals surface area contributed by atoms with Crippen molar-refractivity contribution in [3.63, 3.8) is 0 Å². The van der Waals surface area contributed by atoms with E-state index >= 15 is 0 Å². The predicted octanol–water partition coefficient (Wildman–Crippen LogP) is 3.09. The first-order valence-corrected chi connectivity index (χ1v) is 33.1. The van der Waals surface area contributed by atoms with E-state index in [9.17, 15) is 71.1 Å². The van der Waals surface area contributed by atoms with E-state index in [0.29, 0.717) is 118 Å². The van der Waals surface area contributed by atoms with Gasteiger partial charge in [0, 0.05) is 104 Å². The number of amides is 10. The maximum atomic E-state index is 14.8. The minimum atomic E-state index is -5.89. The van der Waals surface area contributed by atoms with Gasteiger partial charge in [0.25, 0.3) is 17.7 Å². The molecule has 6 aliphatic heterocycles. The standard InChI is InChI=1S/C63H73F2N10O14PS/c1-2-71-25-24-43-15-17-50(75(43)62(85)48(36-71)69-58(81)52-34-41-33-42(14-19-51(41)91-52)63(64,65)90(86,87)88)57(80)67-46(16-20-53(66)76)55(78)68-47(32-38-10-12-40(13-11-38)59(82)73-28-30-89-31-29-73)61(84)72-26-22-37(23-27-72)6-3-4-7-39-8-5-9-44-45(39)35-74(60(44)83)49-18-21-54(77)70-56(49)79/h5,8-14,19,33-34,37,43,46-50H,2-3,6,15-18,20-32,35-36H2,1H3,(H2,66,76)(H,67,80)(H,68,78)(H,69,81)(H,70,77,79)(H2,86,87,88)/t43-,46+,47+,48+,49?,50+/m1/s1. The second-order valence-corrected chi connectivity index (χ2v) is 26.7. The number of carbonyl (C=O) groups excluding carboxylic acids is 10. The number of piperidine rings is 2. The van der Waals surface area contributed by atoms with E-state index in [4.69, 9.17) is 10.5 Å². The molecule has 7 heterocycles. The van der Waals surface area contributed by atoms with Crippen LogP contribution in [0, 0.1) is 17.8 Å². The van der Waals surface area contributed by atoms with Gasteiger partial charge in [-0.05, 0) is 123 Å². The summed E-state index contributed by atoms with van der Waals surface area (Å²) in [5.74, 6) is 1.32. The number of halogens is 2. The Morgan fingerprint density at radius 2 is 1.63 bits per heavy atom. The van der Waals surface area contributed by atoms with Crippen LogP contribution in [-0.4, -0.2) is 189 Å². The van der Waals surface area contributed by atoms with Gasteiger partial charge >= 0.3 is 13.3 Å². The molecule has 0 saturated carbocycles. The molecule has 24 nitrogen and oxygen atoms in total. The summed E-state index contributed by atoms with van der Waals surface area (Å²) in [6.45, 7) is 5.50. The third kappa shape index (κ3) is 15.0. The summed E-state index contributed by atoms with van der Waals surface area (Å²) in [5.41, 5.74) is 3.09. The zero-order valence-corrected chi connectivity index (χ0v) is 51.9. The Morgan fingerprint density at radius 1 is 0.879 bits per heavy atom. The normalized spacial score (nSPS) is 21.6. The van der Waals surface area contributed by atoms with Crippen molar-refractivity contribution >= 4 is 88.1 Å². The van der Waals surface area contributed by atoms with Gasteiger partial charge in [-0.3, -0.25) is 57.8 Å². The topological polar surface area (TPSA) is 328 Å². The molecular formula is C63H73F2N10O14PS. The summed E-state index contributed by atoms with van der Waals surface area (Å²) < 4.78 is 46.7. The van der Waals surface area contributed by atoms with Crippen molar-refractivity contribution in [2.45, 2.75) is 132 Å². The van der Waals surface area contributed by atoms with Crippen molar-refractivity contribution in [2.24, 2.45) is 11.7 Å². The largest absolute Gasteiger partial charge is 0.399 e. The van der Waals surface area contributed by atoms with Gasteiger partial charge < -0.3 is 60.7 Å². The number of nitrogens with zero attached hydrogens (tertiary/aromatic N) is 5. The highest BCUT2D eigenvalue weighted by Gasteiger charge is 2.51. The lowest BCUT2D eigenvalue weighted by Crippen LogP contribution is -2.62. The highest BCUT2D eigenvalue weighted by molar-refractivity contribution is 7.52. The molecule has 1 aromatic heterocycles. The van der Waals surface area contributed by atoms with E-state index in [1.165, 1.54) is 21.9 Å². The van der Waals surface area contributed by atoms with Gasteiger partial charge in [0.1, 0.15) is 30.2 Å². The van der Waals surface area contributed by atoms with Gasteiger partial charge in [-0.1, -0.05) is 43.0 Å². The number of hydrogen-bond donors (Lipinski definition) is 7. The average molecular weight is 1300 g/mol. The number of ether oxygens (including phenoxy) is 1. The number of likely N-dealkylation sites (tertiary alicyclic amines) is 1. The summed E-state index contributed by atoms with van der Waals surface area (Å²) in [6.07, 6.45) is 3.28. The summed E-state index contributed by atoms with van der Waals surface area (Å²) in [5, 5.41) is 10.9. The number of fused-ring (bicyclic) bond motifs is 3. The first kappa shape index (κ1) is 65.9. The van der Waals surface area contributed by atoms with Gasteiger partial charge in [-0.2, -0.15) is 8.78 Å². The van der Waals surface area contributed by atoms with Crippen molar-refractivity contribution < 1.29 is 75.8 Å². The molecule has 0 spiro atoms. The van der Waals surface area contributed by atoms with Crippen LogP contribution in [0.25, 0.3) is 10.1 Å². The van der Waals surface area contributed by atoms with Crippen LogP contribution in [0.2, 0.25) is 0 Å². The number of imide groups is 1. The maximum Gasteiger partial charge on any atom is 0.399 e. The molecule has 0 aliphatic carbocycles. The number of benzene rings is 3. The number of likely N-dealkylation sites (N-methyl/N-ethyl adjacent to an activating group) is 1. The van der Waals surface area contributed by atoms with Gasteiger partial charge in [-0.25, -0.2) is 0 Å². The number of nitrogens with one attached hydrogen (secondary N) is 4. The molecule has 0 radical (unpaired) electrons. The molecule has 10 amide bonds. The first-order valence-electron chi connectivity index (χ1n) is 30.7. The molecule has 91 heavy (non-hydrogen) atoms. The highest BCUT2D eigenvalue weighted by atomic mass is 32.1. The quantitative estimate of drug-likeness (QED) is 0.0403. The molecule has 10 rings (SSSR count). The zero-order chi connectivity index (χ0) is 64.9. The number of alkyl halides is 2.